The van der Waals surface area contributed by atoms with Crippen LogP contribution in [0.5, 0.6) is 0 Å². The Morgan fingerprint density at radius 2 is 1.74 bits per heavy atom. The van der Waals surface area contributed by atoms with Gasteiger partial charge in [0.15, 0.2) is 0 Å². The zero-order valence-corrected chi connectivity index (χ0v) is 15.2. The number of carbonyl (C=O) groups excluding carboxylic acids is 1. The normalized spacial score (nSPS) is 14.1. The van der Waals surface area contributed by atoms with E-state index in [1.165, 1.54) is 24.3 Å². The number of aromatic amines is 1. The van der Waals surface area contributed by atoms with Gasteiger partial charge < -0.3 is 10.3 Å². The molecule has 0 aliphatic heterocycles. The van der Waals surface area contributed by atoms with Crippen LogP contribution in [0.1, 0.15) is 23.2 Å². The fourth-order valence-corrected chi connectivity index (χ4v) is 3.92. The van der Waals surface area contributed by atoms with Gasteiger partial charge >= 0.3 is 0 Å². The highest BCUT2D eigenvalue weighted by atomic mass is 32.2. The molecule has 1 fully saturated rings. The Balaban J connectivity index is 1.43. The Kier molecular flexibility index (Phi) is 4.51. The summed E-state index contributed by atoms with van der Waals surface area (Å²) in [5, 5.41) is 2.80. The third-order valence-electron chi connectivity index (χ3n) is 4.24. The van der Waals surface area contributed by atoms with Gasteiger partial charge in [-0.2, -0.15) is 0 Å². The third kappa shape index (κ3) is 4.07. The lowest BCUT2D eigenvalue weighted by atomic mass is 10.1. The van der Waals surface area contributed by atoms with Crippen molar-refractivity contribution in [3.63, 3.8) is 0 Å². The number of nitrogens with zero attached hydrogens (tertiary/aromatic N) is 1. The number of hydrogen-bond donors (Lipinski definition) is 3. The van der Waals surface area contributed by atoms with Crippen molar-refractivity contribution in [1.82, 2.24) is 14.7 Å². The van der Waals surface area contributed by atoms with Gasteiger partial charge in [-0.3, -0.25) is 4.79 Å². The molecule has 1 aliphatic rings. The number of anilines is 1. The molecule has 7 nitrogen and oxygen atoms in total. The summed E-state index contributed by atoms with van der Waals surface area (Å²) < 4.78 is 26.9. The second-order valence-corrected chi connectivity index (χ2v) is 8.10. The molecule has 1 heterocycles. The Morgan fingerprint density at radius 3 is 2.33 bits per heavy atom. The first-order valence-corrected chi connectivity index (χ1v) is 10.0. The summed E-state index contributed by atoms with van der Waals surface area (Å²) in [4.78, 5) is 19.7. The van der Waals surface area contributed by atoms with Crippen molar-refractivity contribution >= 4 is 21.6 Å². The Hall–Kier alpha value is -2.97. The number of nitrogens with one attached hydrogen (secondary N) is 3. The lowest BCUT2D eigenvalue weighted by Gasteiger charge is -2.08. The fraction of sp³-hybridized carbons (Fsp3) is 0.158. The van der Waals surface area contributed by atoms with Gasteiger partial charge in [0.1, 0.15) is 5.82 Å². The van der Waals surface area contributed by atoms with E-state index in [1.54, 1.807) is 24.5 Å². The van der Waals surface area contributed by atoms with Crippen LogP contribution in [0.15, 0.2) is 65.8 Å². The van der Waals surface area contributed by atoms with Crippen LogP contribution in [0.3, 0.4) is 0 Å². The summed E-state index contributed by atoms with van der Waals surface area (Å²) in [7, 11) is -3.52. The molecule has 3 aromatic rings. The van der Waals surface area contributed by atoms with Gasteiger partial charge in [0.2, 0.25) is 10.0 Å². The van der Waals surface area contributed by atoms with Crippen LogP contribution in [0.25, 0.3) is 11.4 Å². The summed E-state index contributed by atoms with van der Waals surface area (Å²) in [6.45, 7) is 0. The minimum absolute atomic E-state index is 0.0436. The molecular formula is C19H18N4O3S. The van der Waals surface area contributed by atoms with Crippen LogP contribution >= 0.6 is 0 Å². The molecule has 1 saturated carbocycles. The number of sulfonamides is 1. The summed E-state index contributed by atoms with van der Waals surface area (Å²) in [5.74, 6) is 0.448. The fourth-order valence-electron chi connectivity index (χ4n) is 2.61. The van der Waals surface area contributed by atoms with Gasteiger partial charge in [-0.25, -0.2) is 18.1 Å². The van der Waals surface area contributed by atoms with E-state index in [2.05, 4.69) is 20.0 Å². The maximum absolute atomic E-state index is 12.4. The van der Waals surface area contributed by atoms with Gasteiger partial charge in [0.25, 0.3) is 5.91 Å². The van der Waals surface area contributed by atoms with Gasteiger partial charge in [0.05, 0.1) is 4.90 Å². The zero-order valence-electron chi connectivity index (χ0n) is 14.3. The van der Waals surface area contributed by atoms with Crippen LogP contribution in [0.2, 0.25) is 0 Å². The molecule has 2 aromatic carbocycles. The molecule has 8 heteroatoms. The molecule has 0 saturated heterocycles. The average molecular weight is 382 g/mol. The summed E-state index contributed by atoms with van der Waals surface area (Å²) in [6, 6.07) is 13.2. The number of carbonyl (C=O) groups is 1. The second kappa shape index (κ2) is 6.98. The van der Waals surface area contributed by atoms with Crippen LogP contribution in [0, 0.1) is 0 Å². The lowest BCUT2D eigenvalue weighted by molar-refractivity contribution is 0.102. The van der Waals surface area contributed by atoms with Gasteiger partial charge in [-0.15, -0.1) is 0 Å². The summed E-state index contributed by atoms with van der Waals surface area (Å²) in [6.07, 6.45) is 5.17. The van der Waals surface area contributed by atoms with E-state index in [0.717, 1.165) is 24.2 Å². The SMILES string of the molecule is O=C(Nc1ccc(-c2ncc[nH]2)cc1)c1ccc(S(=O)(=O)NC2CC2)cc1. The summed E-state index contributed by atoms with van der Waals surface area (Å²) in [5.41, 5.74) is 1.94. The van der Waals surface area contributed by atoms with Crippen molar-refractivity contribution in [3.05, 3.63) is 66.5 Å². The Morgan fingerprint density at radius 1 is 1.04 bits per heavy atom. The summed E-state index contributed by atoms with van der Waals surface area (Å²) >= 11 is 0. The zero-order chi connectivity index (χ0) is 18.9. The average Bonchev–Trinajstić information content (AvgIpc) is 3.30. The number of aromatic nitrogens is 2. The maximum atomic E-state index is 12.4. The van der Waals surface area contributed by atoms with E-state index in [9.17, 15) is 13.2 Å². The first kappa shape index (κ1) is 17.4. The highest BCUT2D eigenvalue weighted by molar-refractivity contribution is 7.89. The Bertz CT molecular complexity index is 1040. The monoisotopic (exact) mass is 382 g/mol. The number of imidazole rings is 1. The van der Waals surface area contributed by atoms with E-state index in [0.29, 0.717) is 11.3 Å². The van der Waals surface area contributed by atoms with Crippen molar-refractivity contribution < 1.29 is 13.2 Å². The van der Waals surface area contributed by atoms with Crippen LogP contribution in [-0.2, 0) is 10.0 Å². The standard InChI is InChI=1S/C19H18N4O3S/c24-19(22-15-5-1-13(2-6-15)18-20-11-12-21-18)14-3-9-17(10-4-14)27(25,26)23-16-7-8-16/h1-6,9-12,16,23H,7-8H2,(H,20,21)(H,22,24). The van der Waals surface area contributed by atoms with Crippen molar-refractivity contribution in [1.29, 1.82) is 0 Å². The van der Waals surface area contributed by atoms with E-state index in [1.807, 2.05) is 12.1 Å². The second-order valence-electron chi connectivity index (χ2n) is 6.39. The predicted molar refractivity (Wildman–Crippen MR) is 102 cm³/mol. The number of H-pyrrole nitrogens is 1. The predicted octanol–water partition coefficient (Wildman–Crippen LogP) is 2.77. The molecule has 138 valence electrons. The molecule has 0 radical (unpaired) electrons. The Labute approximate surface area is 156 Å². The topological polar surface area (TPSA) is 104 Å². The highest BCUT2D eigenvalue weighted by Crippen LogP contribution is 2.22. The molecule has 0 bridgehead atoms. The molecule has 4 rings (SSSR count). The molecule has 0 spiro atoms. The molecule has 0 atom stereocenters. The van der Waals surface area contributed by atoms with Crippen LogP contribution in [0.4, 0.5) is 5.69 Å². The van der Waals surface area contributed by atoms with Crippen LogP contribution in [-0.4, -0.2) is 30.3 Å². The number of benzene rings is 2. The van der Waals surface area contributed by atoms with E-state index < -0.39 is 10.0 Å². The number of hydrogen-bond acceptors (Lipinski definition) is 4. The molecule has 1 amide bonds. The first-order valence-electron chi connectivity index (χ1n) is 8.55. The molecule has 1 aromatic heterocycles. The van der Waals surface area contributed by atoms with Crippen LogP contribution < -0.4 is 10.0 Å². The molecular weight excluding hydrogens is 364 g/mol. The van der Waals surface area contributed by atoms with E-state index in [-0.39, 0.29) is 16.8 Å². The molecule has 27 heavy (non-hydrogen) atoms. The van der Waals surface area contributed by atoms with Gasteiger partial charge in [0, 0.05) is 35.2 Å². The molecule has 1 aliphatic carbocycles. The third-order valence-corrected chi connectivity index (χ3v) is 5.78. The van der Waals surface area contributed by atoms with E-state index >= 15 is 0 Å². The van der Waals surface area contributed by atoms with Crippen molar-refractivity contribution in [2.75, 3.05) is 5.32 Å². The first-order chi connectivity index (χ1) is 13.0. The molecule has 0 unspecified atom stereocenters. The smallest absolute Gasteiger partial charge is 0.255 e. The van der Waals surface area contributed by atoms with Crippen molar-refractivity contribution in [2.24, 2.45) is 0 Å². The number of amides is 1. The maximum Gasteiger partial charge on any atom is 0.255 e. The lowest BCUT2D eigenvalue weighted by Crippen LogP contribution is -2.25. The quantitative estimate of drug-likeness (QED) is 0.610. The van der Waals surface area contributed by atoms with E-state index in [4.69, 9.17) is 0 Å². The van der Waals surface area contributed by atoms with Gasteiger partial charge in [-0.1, -0.05) is 0 Å². The van der Waals surface area contributed by atoms with Gasteiger partial charge in [-0.05, 0) is 61.4 Å². The highest BCUT2D eigenvalue weighted by Gasteiger charge is 2.27. The van der Waals surface area contributed by atoms with Crippen molar-refractivity contribution in [2.45, 2.75) is 23.8 Å². The minimum atomic E-state index is -3.52. The minimum Gasteiger partial charge on any atom is -0.345 e. The largest absolute Gasteiger partial charge is 0.345 e. The van der Waals surface area contributed by atoms with Crippen molar-refractivity contribution in [3.8, 4) is 11.4 Å². The molecule has 3 N–H and O–H groups in total. The number of rotatable bonds is 6.